The van der Waals surface area contributed by atoms with E-state index in [-0.39, 0.29) is 5.91 Å². The molecule has 2 heterocycles. The van der Waals surface area contributed by atoms with Gasteiger partial charge in [-0.3, -0.25) is 4.79 Å². The van der Waals surface area contributed by atoms with Crippen molar-refractivity contribution in [2.24, 2.45) is 0 Å². The molecule has 0 saturated heterocycles. The fourth-order valence-corrected chi connectivity index (χ4v) is 4.62. The Morgan fingerprint density at radius 3 is 2.85 bits per heavy atom. The molecule has 4 nitrogen and oxygen atoms in total. The van der Waals surface area contributed by atoms with Crippen molar-refractivity contribution in [3.8, 4) is 0 Å². The van der Waals surface area contributed by atoms with Crippen LogP contribution in [0.2, 0.25) is 0 Å². The molecule has 0 atom stereocenters. The van der Waals surface area contributed by atoms with Crippen LogP contribution in [0.5, 0.6) is 0 Å². The molecule has 2 aromatic heterocycles. The van der Waals surface area contributed by atoms with Crippen LogP contribution in [0.1, 0.15) is 53.2 Å². The highest BCUT2D eigenvalue weighted by atomic mass is 32.1. The molecule has 0 aliphatic heterocycles. The first-order valence-electron chi connectivity index (χ1n) is 9.50. The molecule has 1 fully saturated rings. The van der Waals surface area contributed by atoms with Gasteiger partial charge in [-0.15, -0.1) is 11.3 Å². The van der Waals surface area contributed by atoms with Crippen molar-refractivity contribution in [2.75, 3.05) is 6.54 Å². The normalized spacial score (nSPS) is 15.4. The molecule has 0 spiro atoms. The average molecular weight is 368 g/mol. The van der Waals surface area contributed by atoms with Gasteiger partial charge < -0.3 is 9.88 Å². The van der Waals surface area contributed by atoms with Gasteiger partial charge in [0.25, 0.3) is 5.91 Å². The predicted octanol–water partition coefficient (Wildman–Crippen LogP) is 4.95. The highest BCUT2D eigenvalue weighted by Crippen LogP contribution is 2.26. The molecule has 0 unspecified atom stereocenters. The molecule has 26 heavy (non-hydrogen) atoms. The molecule has 0 bridgehead atoms. The number of thiazole rings is 1. The van der Waals surface area contributed by atoms with Gasteiger partial charge in [0, 0.05) is 35.1 Å². The number of para-hydroxylation sites is 1. The fourth-order valence-electron chi connectivity index (χ4n) is 4.03. The van der Waals surface area contributed by atoms with E-state index in [1.807, 2.05) is 18.4 Å². The zero-order valence-corrected chi connectivity index (χ0v) is 16.0. The Balaban J connectivity index is 1.55. The van der Waals surface area contributed by atoms with Gasteiger partial charge in [0.2, 0.25) is 0 Å². The van der Waals surface area contributed by atoms with Crippen LogP contribution < -0.4 is 0 Å². The van der Waals surface area contributed by atoms with Crippen LogP contribution >= 0.6 is 11.3 Å². The van der Waals surface area contributed by atoms with E-state index in [9.17, 15) is 4.79 Å². The average Bonchev–Trinajstić information content (AvgIpc) is 3.29. The van der Waals surface area contributed by atoms with Gasteiger partial charge in [-0.05, 0) is 37.8 Å². The maximum Gasteiger partial charge on any atom is 0.273 e. The molecule has 0 radical (unpaired) electrons. The number of fused-ring (bicyclic) bond motifs is 1. The second-order valence-corrected chi connectivity index (χ2v) is 8.21. The number of hydrogen-bond donors (Lipinski definition) is 1. The summed E-state index contributed by atoms with van der Waals surface area (Å²) >= 11 is 1.55. The Labute approximate surface area is 158 Å². The number of aryl methyl sites for hydroxylation is 1. The lowest BCUT2D eigenvalue weighted by molar-refractivity contribution is 0.0631. The van der Waals surface area contributed by atoms with Gasteiger partial charge >= 0.3 is 0 Å². The number of amides is 1. The first-order chi connectivity index (χ1) is 12.7. The lowest BCUT2D eigenvalue weighted by Gasteiger charge is -2.34. The number of carbonyl (C=O) groups excluding carboxylic acids is 1. The van der Waals surface area contributed by atoms with Gasteiger partial charge in [0.1, 0.15) is 5.69 Å². The Morgan fingerprint density at radius 2 is 2.08 bits per heavy atom. The van der Waals surface area contributed by atoms with Crippen molar-refractivity contribution in [3.63, 3.8) is 0 Å². The van der Waals surface area contributed by atoms with Crippen molar-refractivity contribution in [2.45, 2.75) is 51.5 Å². The predicted molar refractivity (Wildman–Crippen MR) is 107 cm³/mol. The Bertz CT molecular complexity index is 891. The summed E-state index contributed by atoms with van der Waals surface area (Å²) in [5.41, 5.74) is 3.05. The van der Waals surface area contributed by atoms with Crippen LogP contribution in [0.3, 0.4) is 0 Å². The van der Waals surface area contributed by atoms with Crippen molar-refractivity contribution < 1.29 is 4.79 Å². The van der Waals surface area contributed by atoms with Crippen molar-refractivity contribution in [1.29, 1.82) is 0 Å². The van der Waals surface area contributed by atoms with Crippen LogP contribution in [-0.4, -0.2) is 33.4 Å². The lowest BCUT2D eigenvalue weighted by atomic mass is 9.93. The standard InChI is InChI=1S/C21H25N3OS/c1-15-23-20(14-26-15)21(25)24(17-7-3-2-4-8-17)12-11-16-13-22-19-10-6-5-9-18(16)19/h5-6,9-10,13-14,17,22H,2-4,7-8,11-12H2,1H3. The molecule has 1 saturated carbocycles. The number of aromatic amines is 1. The summed E-state index contributed by atoms with van der Waals surface area (Å²) in [4.78, 5) is 23.0. The second-order valence-electron chi connectivity index (χ2n) is 7.15. The first-order valence-corrected chi connectivity index (χ1v) is 10.4. The largest absolute Gasteiger partial charge is 0.361 e. The molecule has 4 rings (SSSR count). The van der Waals surface area contributed by atoms with Crippen LogP contribution in [0.4, 0.5) is 0 Å². The minimum Gasteiger partial charge on any atom is -0.361 e. The van der Waals surface area contributed by atoms with E-state index in [0.717, 1.165) is 36.3 Å². The van der Waals surface area contributed by atoms with E-state index in [1.54, 1.807) is 11.3 Å². The molecule has 1 amide bonds. The van der Waals surface area contributed by atoms with Crippen LogP contribution in [0.15, 0.2) is 35.8 Å². The zero-order chi connectivity index (χ0) is 17.9. The maximum atomic E-state index is 13.1. The van der Waals surface area contributed by atoms with Crippen molar-refractivity contribution in [1.82, 2.24) is 14.9 Å². The highest BCUT2D eigenvalue weighted by molar-refractivity contribution is 7.09. The lowest BCUT2D eigenvalue weighted by Crippen LogP contribution is -2.42. The number of aromatic nitrogens is 2. The third kappa shape index (κ3) is 3.54. The highest BCUT2D eigenvalue weighted by Gasteiger charge is 2.27. The number of H-pyrrole nitrogens is 1. The topological polar surface area (TPSA) is 49.0 Å². The van der Waals surface area contributed by atoms with Gasteiger partial charge in [-0.1, -0.05) is 37.5 Å². The van der Waals surface area contributed by atoms with Gasteiger partial charge in [0.05, 0.1) is 5.01 Å². The quantitative estimate of drug-likeness (QED) is 0.693. The van der Waals surface area contributed by atoms with E-state index < -0.39 is 0 Å². The summed E-state index contributed by atoms with van der Waals surface area (Å²) in [7, 11) is 0. The second kappa shape index (κ2) is 7.62. The molecule has 136 valence electrons. The minimum atomic E-state index is 0.0982. The van der Waals surface area contributed by atoms with Gasteiger partial charge in [-0.25, -0.2) is 4.98 Å². The van der Waals surface area contributed by atoms with E-state index in [4.69, 9.17) is 0 Å². The number of carbonyl (C=O) groups is 1. The smallest absolute Gasteiger partial charge is 0.273 e. The molecule has 1 N–H and O–H groups in total. The summed E-state index contributed by atoms with van der Waals surface area (Å²) in [6.45, 7) is 2.71. The third-order valence-electron chi connectivity index (χ3n) is 5.41. The summed E-state index contributed by atoms with van der Waals surface area (Å²) in [6.07, 6.45) is 8.91. The number of benzene rings is 1. The zero-order valence-electron chi connectivity index (χ0n) is 15.2. The van der Waals surface area contributed by atoms with Gasteiger partial charge in [-0.2, -0.15) is 0 Å². The van der Waals surface area contributed by atoms with Crippen LogP contribution in [0, 0.1) is 6.92 Å². The molecule has 1 aromatic carbocycles. The van der Waals surface area contributed by atoms with E-state index >= 15 is 0 Å². The maximum absolute atomic E-state index is 13.1. The first kappa shape index (κ1) is 17.3. The summed E-state index contributed by atoms with van der Waals surface area (Å²) < 4.78 is 0. The number of nitrogens with zero attached hydrogens (tertiary/aromatic N) is 2. The van der Waals surface area contributed by atoms with Crippen molar-refractivity contribution >= 4 is 28.1 Å². The monoisotopic (exact) mass is 367 g/mol. The number of rotatable bonds is 5. The molecule has 1 aliphatic carbocycles. The molecule has 1 aliphatic rings. The number of hydrogen-bond acceptors (Lipinski definition) is 3. The Hall–Kier alpha value is -2.14. The minimum absolute atomic E-state index is 0.0982. The SMILES string of the molecule is Cc1nc(C(=O)N(CCc2c[nH]c3ccccc23)C2CCCCC2)cs1. The van der Waals surface area contributed by atoms with Gasteiger partial charge in [0.15, 0.2) is 0 Å². The Morgan fingerprint density at radius 1 is 1.27 bits per heavy atom. The van der Waals surface area contributed by atoms with E-state index in [0.29, 0.717) is 11.7 Å². The fraction of sp³-hybridized carbons (Fsp3) is 0.429. The third-order valence-corrected chi connectivity index (χ3v) is 6.18. The van der Waals surface area contributed by atoms with Crippen LogP contribution in [-0.2, 0) is 6.42 Å². The van der Waals surface area contributed by atoms with E-state index in [1.165, 1.54) is 30.2 Å². The molecule has 3 aromatic rings. The van der Waals surface area contributed by atoms with E-state index in [2.05, 4.69) is 39.3 Å². The number of nitrogens with one attached hydrogen (secondary N) is 1. The van der Waals surface area contributed by atoms with Crippen molar-refractivity contribution in [3.05, 3.63) is 52.1 Å². The molecular weight excluding hydrogens is 342 g/mol. The Kier molecular flexibility index (Phi) is 5.07. The summed E-state index contributed by atoms with van der Waals surface area (Å²) in [6, 6.07) is 8.72. The summed E-state index contributed by atoms with van der Waals surface area (Å²) in [5.74, 6) is 0.0982. The summed E-state index contributed by atoms with van der Waals surface area (Å²) in [5, 5.41) is 4.11. The molecule has 5 heteroatoms. The molecular formula is C21H25N3OS. The van der Waals surface area contributed by atoms with Crippen LogP contribution in [0.25, 0.3) is 10.9 Å².